The summed E-state index contributed by atoms with van der Waals surface area (Å²) in [5.41, 5.74) is -2.12. The highest BCUT2D eigenvalue weighted by molar-refractivity contribution is 5.81. The van der Waals surface area contributed by atoms with Crippen LogP contribution in [0.15, 0.2) is 30.3 Å². The number of methoxy groups -OCH3 is 1. The van der Waals surface area contributed by atoms with Crippen LogP contribution in [0.1, 0.15) is 18.9 Å². The number of benzene rings is 1. The third kappa shape index (κ3) is 2.33. The highest BCUT2D eigenvalue weighted by Crippen LogP contribution is 2.30. The lowest BCUT2D eigenvalue weighted by molar-refractivity contribution is -0.544. The number of nitro groups is 1. The standard InChI is InChI=1S/C12H15NO5/c1-3-10(13(16)17)12(15,11(14)18-2)9-7-5-4-6-8-9/h4-8,10,15H,3H2,1-2H3. The van der Waals surface area contributed by atoms with Crippen molar-refractivity contribution >= 4 is 5.97 Å². The van der Waals surface area contributed by atoms with Crippen LogP contribution in [-0.4, -0.2) is 29.2 Å². The molecule has 0 radical (unpaired) electrons. The van der Waals surface area contributed by atoms with Gasteiger partial charge in [0.15, 0.2) is 0 Å². The lowest BCUT2D eigenvalue weighted by atomic mass is 9.85. The van der Waals surface area contributed by atoms with Crippen molar-refractivity contribution in [3.63, 3.8) is 0 Å². The first-order valence-corrected chi connectivity index (χ1v) is 5.48. The van der Waals surface area contributed by atoms with Gasteiger partial charge in [-0.1, -0.05) is 37.3 Å². The lowest BCUT2D eigenvalue weighted by Gasteiger charge is -2.27. The molecule has 0 aromatic heterocycles. The highest BCUT2D eigenvalue weighted by atomic mass is 16.6. The number of nitrogens with zero attached hydrogens (tertiary/aromatic N) is 1. The summed E-state index contributed by atoms with van der Waals surface area (Å²) in [6.07, 6.45) is 0.00743. The zero-order valence-electron chi connectivity index (χ0n) is 10.2. The fourth-order valence-electron chi connectivity index (χ4n) is 1.89. The molecule has 0 spiro atoms. The van der Waals surface area contributed by atoms with Crippen molar-refractivity contribution in [1.29, 1.82) is 0 Å². The van der Waals surface area contributed by atoms with Crippen LogP contribution in [0.25, 0.3) is 0 Å². The van der Waals surface area contributed by atoms with Crippen molar-refractivity contribution in [3.8, 4) is 0 Å². The van der Waals surface area contributed by atoms with E-state index in [0.717, 1.165) is 7.11 Å². The van der Waals surface area contributed by atoms with Gasteiger partial charge in [0.1, 0.15) is 0 Å². The second kappa shape index (κ2) is 5.59. The van der Waals surface area contributed by atoms with E-state index in [0.29, 0.717) is 0 Å². The van der Waals surface area contributed by atoms with Crippen LogP contribution in [0.3, 0.4) is 0 Å². The fraction of sp³-hybridized carbons (Fsp3) is 0.417. The van der Waals surface area contributed by atoms with E-state index in [1.54, 1.807) is 18.2 Å². The van der Waals surface area contributed by atoms with Crippen LogP contribution in [-0.2, 0) is 15.1 Å². The fourth-order valence-corrected chi connectivity index (χ4v) is 1.89. The topological polar surface area (TPSA) is 89.7 Å². The van der Waals surface area contributed by atoms with Crippen molar-refractivity contribution in [2.75, 3.05) is 7.11 Å². The Hall–Kier alpha value is -1.95. The quantitative estimate of drug-likeness (QED) is 0.482. The average Bonchev–Trinajstić information content (AvgIpc) is 2.38. The normalized spacial score (nSPS) is 15.5. The summed E-state index contributed by atoms with van der Waals surface area (Å²) in [6.45, 7) is 1.53. The Morgan fingerprint density at radius 2 is 2.06 bits per heavy atom. The number of aliphatic hydroxyl groups is 1. The molecule has 98 valence electrons. The van der Waals surface area contributed by atoms with Gasteiger partial charge in [0.2, 0.25) is 0 Å². The molecule has 0 aliphatic carbocycles. The molecule has 1 N–H and O–H groups in total. The minimum absolute atomic E-state index is 0.00743. The molecular weight excluding hydrogens is 238 g/mol. The summed E-state index contributed by atoms with van der Waals surface area (Å²) in [5.74, 6) is -1.03. The zero-order valence-corrected chi connectivity index (χ0v) is 10.2. The van der Waals surface area contributed by atoms with Crippen LogP contribution in [0.5, 0.6) is 0 Å². The molecule has 6 nitrogen and oxygen atoms in total. The molecule has 0 amide bonds. The monoisotopic (exact) mass is 253 g/mol. The van der Waals surface area contributed by atoms with E-state index < -0.39 is 22.5 Å². The summed E-state index contributed by atoms with van der Waals surface area (Å²) in [5, 5.41) is 21.5. The molecule has 0 bridgehead atoms. The molecule has 0 aliphatic heterocycles. The molecule has 2 unspecified atom stereocenters. The molecule has 1 rings (SSSR count). The molecule has 0 aliphatic rings. The van der Waals surface area contributed by atoms with Gasteiger partial charge in [-0.05, 0) is 0 Å². The first-order valence-electron chi connectivity index (χ1n) is 5.48. The number of hydrogen-bond acceptors (Lipinski definition) is 5. The van der Waals surface area contributed by atoms with Gasteiger partial charge in [-0.3, -0.25) is 10.1 Å². The van der Waals surface area contributed by atoms with Gasteiger partial charge in [-0.15, -0.1) is 0 Å². The summed E-state index contributed by atoms with van der Waals surface area (Å²) in [6, 6.07) is 6.35. The Morgan fingerprint density at radius 3 is 2.44 bits per heavy atom. The van der Waals surface area contributed by atoms with Crippen LogP contribution in [0.2, 0.25) is 0 Å². The van der Waals surface area contributed by atoms with Crippen LogP contribution in [0.4, 0.5) is 0 Å². The van der Waals surface area contributed by atoms with Gasteiger partial charge in [0.25, 0.3) is 11.6 Å². The van der Waals surface area contributed by atoms with Gasteiger partial charge in [-0.2, -0.15) is 0 Å². The van der Waals surface area contributed by atoms with E-state index in [2.05, 4.69) is 4.74 Å². The summed E-state index contributed by atoms with van der Waals surface area (Å²) < 4.78 is 4.51. The maximum atomic E-state index is 11.8. The van der Waals surface area contributed by atoms with Gasteiger partial charge >= 0.3 is 5.97 Å². The number of esters is 1. The average molecular weight is 253 g/mol. The molecule has 0 saturated heterocycles. The first kappa shape index (κ1) is 14.1. The van der Waals surface area contributed by atoms with Gasteiger partial charge in [0, 0.05) is 16.9 Å². The second-order valence-electron chi connectivity index (χ2n) is 3.83. The van der Waals surface area contributed by atoms with Gasteiger partial charge in [-0.25, -0.2) is 4.79 Å². The van der Waals surface area contributed by atoms with E-state index in [4.69, 9.17) is 0 Å². The van der Waals surface area contributed by atoms with E-state index in [-0.39, 0.29) is 12.0 Å². The first-order chi connectivity index (χ1) is 8.48. The van der Waals surface area contributed by atoms with Crippen molar-refractivity contribution in [2.45, 2.75) is 25.0 Å². The SMILES string of the molecule is CCC([N+](=O)[O-])C(O)(C(=O)OC)c1ccccc1. The number of ether oxygens (including phenoxy) is 1. The Balaban J connectivity index is 3.35. The zero-order chi connectivity index (χ0) is 13.8. The van der Waals surface area contributed by atoms with Crippen molar-refractivity contribution < 1.29 is 19.6 Å². The van der Waals surface area contributed by atoms with Gasteiger partial charge < -0.3 is 9.84 Å². The number of carbonyl (C=O) groups excluding carboxylic acids is 1. The Morgan fingerprint density at radius 1 is 1.50 bits per heavy atom. The van der Waals surface area contributed by atoms with E-state index in [9.17, 15) is 20.0 Å². The summed E-state index contributed by atoms with van der Waals surface area (Å²) in [4.78, 5) is 22.1. The van der Waals surface area contributed by atoms with E-state index >= 15 is 0 Å². The number of carbonyl (C=O) groups is 1. The summed E-state index contributed by atoms with van der Waals surface area (Å²) >= 11 is 0. The van der Waals surface area contributed by atoms with Crippen LogP contribution >= 0.6 is 0 Å². The van der Waals surface area contributed by atoms with Crippen LogP contribution in [0, 0.1) is 10.1 Å². The molecule has 0 heterocycles. The smallest absolute Gasteiger partial charge is 0.350 e. The largest absolute Gasteiger partial charge is 0.466 e. The summed E-state index contributed by atoms with van der Waals surface area (Å²) in [7, 11) is 1.09. The van der Waals surface area contributed by atoms with Crippen molar-refractivity contribution in [3.05, 3.63) is 46.0 Å². The molecule has 0 fully saturated rings. The maximum absolute atomic E-state index is 11.8. The molecule has 18 heavy (non-hydrogen) atoms. The highest BCUT2D eigenvalue weighted by Gasteiger charge is 2.53. The molecule has 1 aromatic rings. The maximum Gasteiger partial charge on any atom is 0.350 e. The Bertz CT molecular complexity index is 433. The second-order valence-corrected chi connectivity index (χ2v) is 3.83. The number of rotatable bonds is 5. The molecule has 0 saturated carbocycles. The molecule has 1 aromatic carbocycles. The predicted molar refractivity (Wildman–Crippen MR) is 63.4 cm³/mol. The lowest BCUT2D eigenvalue weighted by Crippen LogP contribution is -2.50. The Kier molecular flexibility index (Phi) is 4.38. The predicted octanol–water partition coefficient (Wildman–Crippen LogP) is 1.10. The van der Waals surface area contributed by atoms with Gasteiger partial charge in [0.05, 0.1) is 7.11 Å². The molecule has 2 atom stereocenters. The van der Waals surface area contributed by atoms with Crippen LogP contribution < -0.4 is 0 Å². The van der Waals surface area contributed by atoms with E-state index in [1.807, 2.05) is 0 Å². The van der Waals surface area contributed by atoms with Crippen molar-refractivity contribution in [2.24, 2.45) is 0 Å². The minimum atomic E-state index is -2.27. The third-order valence-corrected chi connectivity index (χ3v) is 2.83. The Labute approximate surface area is 104 Å². The van der Waals surface area contributed by atoms with E-state index in [1.165, 1.54) is 19.1 Å². The van der Waals surface area contributed by atoms with Crippen molar-refractivity contribution in [1.82, 2.24) is 0 Å². The molecular formula is C12H15NO5. The third-order valence-electron chi connectivity index (χ3n) is 2.83. The molecule has 6 heteroatoms. The minimum Gasteiger partial charge on any atom is -0.466 e. The number of hydrogen-bond donors (Lipinski definition) is 1.